The average Bonchev–Trinajstić information content (AvgIpc) is 2.87. The van der Waals surface area contributed by atoms with Gasteiger partial charge in [0.15, 0.2) is 5.82 Å². The molecule has 1 aliphatic rings. The number of pyridine rings is 2. The van der Waals surface area contributed by atoms with E-state index in [4.69, 9.17) is 14.9 Å². The number of benzene rings is 1. The largest absolute Gasteiger partial charge is 0.495 e. The molecule has 1 saturated heterocycles. The molecule has 3 N–H and O–H groups in total. The van der Waals surface area contributed by atoms with Crippen LogP contribution in [0.25, 0.3) is 33.5 Å². The minimum Gasteiger partial charge on any atom is -0.495 e. The summed E-state index contributed by atoms with van der Waals surface area (Å²) >= 11 is 0. The molecule has 4 aromatic rings. The van der Waals surface area contributed by atoms with Crippen LogP contribution in [-0.2, 0) is 10.0 Å². The summed E-state index contributed by atoms with van der Waals surface area (Å²) in [7, 11) is -2.59. The Hall–Kier alpha value is -3.67. The number of anilines is 1. The van der Waals surface area contributed by atoms with Gasteiger partial charge in [-0.25, -0.2) is 28.5 Å². The predicted octanol–water partition coefficient (Wildman–Crippen LogP) is 1.82. The lowest BCUT2D eigenvalue weighted by molar-refractivity contribution is 0.403. The van der Waals surface area contributed by atoms with Gasteiger partial charge in [-0.05, 0) is 35.9 Å². The van der Waals surface area contributed by atoms with E-state index in [-0.39, 0.29) is 10.6 Å². The topological polar surface area (TPSA) is 136 Å². The van der Waals surface area contributed by atoms with Crippen LogP contribution >= 0.6 is 0 Å². The molecule has 0 aliphatic carbocycles. The van der Waals surface area contributed by atoms with E-state index in [0.717, 1.165) is 37.5 Å². The Morgan fingerprint density at radius 1 is 1.06 bits per heavy atom. The third-order valence-electron chi connectivity index (χ3n) is 5.71. The lowest BCUT2D eigenvalue weighted by Crippen LogP contribution is -2.44. The average molecular weight is 478 g/mol. The lowest BCUT2D eigenvalue weighted by atomic mass is 10.0. The van der Waals surface area contributed by atoms with Gasteiger partial charge in [0.1, 0.15) is 22.5 Å². The van der Waals surface area contributed by atoms with Gasteiger partial charge in [0.2, 0.25) is 10.0 Å². The molecule has 1 fully saturated rings. The molecule has 0 atom stereocenters. The van der Waals surface area contributed by atoms with E-state index < -0.39 is 10.0 Å². The molecule has 0 radical (unpaired) electrons. The number of sulfonamides is 1. The fraction of sp³-hybridized carbons (Fsp3) is 0.217. The van der Waals surface area contributed by atoms with Crippen LogP contribution in [0.4, 0.5) is 5.82 Å². The highest BCUT2D eigenvalue weighted by Crippen LogP contribution is 2.34. The van der Waals surface area contributed by atoms with Crippen LogP contribution in [0.15, 0.2) is 59.9 Å². The fourth-order valence-corrected chi connectivity index (χ4v) is 4.80. The monoisotopic (exact) mass is 477 g/mol. The molecule has 174 valence electrons. The molecule has 1 aliphatic heterocycles. The number of hydrogen-bond acceptors (Lipinski definition) is 9. The van der Waals surface area contributed by atoms with Gasteiger partial charge < -0.3 is 15.0 Å². The normalized spacial score (nSPS) is 14.4. The van der Waals surface area contributed by atoms with Crippen LogP contribution in [0.1, 0.15) is 0 Å². The van der Waals surface area contributed by atoms with Crippen molar-refractivity contribution in [2.45, 2.75) is 4.90 Å². The molecular formula is C23H23N7O3S. The highest BCUT2D eigenvalue weighted by atomic mass is 32.2. The highest BCUT2D eigenvalue weighted by Gasteiger charge is 2.20. The van der Waals surface area contributed by atoms with Gasteiger partial charge in [-0.3, -0.25) is 4.98 Å². The van der Waals surface area contributed by atoms with Crippen molar-refractivity contribution in [3.8, 4) is 28.3 Å². The Balaban J connectivity index is 1.65. The lowest BCUT2D eigenvalue weighted by Gasteiger charge is -2.28. The van der Waals surface area contributed by atoms with E-state index in [2.05, 4.69) is 25.2 Å². The summed E-state index contributed by atoms with van der Waals surface area (Å²) in [4.78, 5) is 20.5. The molecule has 0 bridgehead atoms. The first-order valence-electron chi connectivity index (χ1n) is 10.7. The van der Waals surface area contributed by atoms with Crippen molar-refractivity contribution < 1.29 is 13.2 Å². The smallest absolute Gasteiger partial charge is 0.241 e. The molecule has 34 heavy (non-hydrogen) atoms. The predicted molar refractivity (Wildman–Crippen MR) is 129 cm³/mol. The quantitative estimate of drug-likeness (QED) is 0.441. The molecule has 0 saturated carbocycles. The summed E-state index contributed by atoms with van der Waals surface area (Å²) in [5, 5.41) is 8.76. The molecule has 11 heteroatoms. The van der Waals surface area contributed by atoms with Crippen molar-refractivity contribution in [2.24, 2.45) is 5.14 Å². The molecule has 10 nitrogen and oxygen atoms in total. The molecule has 1 aromatic carbocycles. The summed E-state index contributed by atoms with van der Waals surface area (Å²) in [6, 6.07) is 12.2. The first-order valence-corrected chi connectivity index (χ1v) is 12.2. The molecular weight excluding hydrogens is 454 g/mol. The van der Waals surface area contributed by atoms with Crippen molar-refractivity contribution in [2.75, 3.05) is 38.2 Å². The van der Waals surface area contributed by atoms with Crippen LogP contribution in [0.5, 0.6) is 5.75 Å². The number of methoxy groups -OCH3 is 1. The van der Waals surface area contributed by atoms with Crippen molar-refractivity contribution >= 4 is 26.9 Å². The Morgan fingerprint density at radius 3 is 2.65 bits per heavy atom. The Bertz CT molecular complexity index is 1470. The van der Waals surface area contributed by atoms with E-state index in [9.17, 15) is 8.42 Å². The van der Waals surface area contributed by atoms with Crippen LogP contribution in [-0.4, -0.2) is 61.6 Å². The number of nitrogens with one attached hydrogen (secondary N) is 1. The van der Waals surface area contributed by atoms with Crippen molar-refractivity contribution in [3.63, 3.8) is 0 Å². The Kier molecular flexibility index (Phi) is 5.82. The third kappa shape index (κ3) is 4.16. The SMILES string of the molecule is COc1ccc(-c2cccnc2-c2ccc3ncnc(N4CCNCC4)c3n2)cc1S(N)(=O)=O. The van der Waals surface area contributed by atoms with E-state index >= 15 is 0 Å². The second-order valence-corrected chi connectivity index (χ2v) is 9.34. The fourth-order valence-electron chi connectivity index (χ4n) is 4.08. The number of aromatic nitrogens is 4. The first kappa shape index (κ1) is 22.1. The van der Waals surface area contributed by atoms with Gasteiger partial charge in [-0.1, -0.05) is 12.1 Å². The minimum absolute atomic E-state index is 0.0943. The Morgan fingerprint density at radius 2 is 1.88 bits per heavy atom. The number of nitrogens with two attached hydrogens (primary N) is 1. The van der Waals surface area contributed by atoms with Gasteiger partial charge in [0.05, 0.1) is 24.0 Å². The van der Waals surface area contributed by atoms with Crippen LogP contribution in [0, 0.1) is 0 Å². The van der Waals surface area contributed by atoms with Crippen molar-refractivity contribution in [1.82, 2.24) is 25.3 Å². The Labute approximate surface area is 196 Å². The molecule has 3 aromatic heterocycles. The zero-order chi connectivity index (χ0) is 23.7. The van der Waals surface area contributed by atoms with E-state index in [1.54, 1.807) is 30.7 Å². The summed E-state index contributed by atoms with van der Waals surface area (Å²) in [5.74, 6) is 0.963. The summed E-state index contributed by atoms with van der Waals surface area (Å²) in [5.41, 5.74) is 4.00. The van der Waals surface area contributed by atoms with Crippen LogP contribution < -0.4 is 20.1 Å². The third-order valence-corrected chi connectivity index (χ3v) is 6.64. The van der Waals surface area contributed by atoms with Gasteiger partial charge in [-0.15, -0.1) is 0 Å². The minimum atomic E-state index is -3.99. The molecule has 0 amide bonds. The zero-order valence-electron chi connectivity index (χ0n) is 18.5. The summed E-state index contributed by atoms with van der Waals surface area (Å²) in [6.45, 7) is 3.41. The number of nitrogens with zero attached hydrogens (tertiary/aromatic N) is 5. The van der Waals surface area contributed by atoms with Crippen LogP contribution in [0.3, 0.4) is 0 Å². The molecule has 4 heterocycles. The van der Waals surface area contributed by atoms with E-state index in [1.165, 1.54) is 13.2 Å². The van der Waals surface area contributed by atoms with Crippen LogP contribution in [0.2, 0.25) is 0 Å². The maximum atomic E-state index is 12.1. The second kappa shape index (κ2) is 8.93. The molecule has 0 spiro atoms. The maximum Gasteiger partial charge on any atom is 0.241 e. The van der Waals surface area contributed by atoms with Gasteiger partial charge >= 0.3 is 0 Å². The number of ether oxygens (including phenoxy) is 1. The number of piperazine rings is 1. The standard InChI is InChI=1S/C23H23N7O3S/c1-33-19-7-4-15(13-20(19)34(24,31)32)16-3-2-8-26-21(16)18-6-5-17-22(29-18)23(28-14-27-17)30-11-9-25-10-12-30/h2-8,13-14,25H,9-12H2,1H3,(H2,24,31,32). The number of fused-ring (bicyclic) bond motifs is 1. The van der Waals surface area contributed by atoms with Gasteiger partial charge in [0, 0.05) is 37.9 Å². The number of primary sulfonamides is 1. The molecule has 0 unspecified atom stereocenters. The number of hydrogen-bond donors (Lipinski definition) is 2. The highest BCUT2D eigenvalue weighted by molar-refractivity contribution is 7.89. The van der Waals surface area contributed by atoms with Crippen molar-refractivity contribution in [3.05, 3.63) is 55.0 Å². The van der Waals surface area contributed by atoms with Gasteiger partial charge in [0.25, 0.3) is 0 Å². The van der Waals surface area contributed by atoms with E-state index in [0.29, 0.717) is 28.0 Å². The first-order chi connectivity index (χ1) is 16.5. The summed E-state index contributed by atoms with van der Waals surface area (Å²) in [6.07, 6.45) is 3.23. The maximum absolute atomic E-state index is 12.1. The van der Waals surface area contributed by atoms with E-state index in [1.807, 2.05) is 18.2 Å². The molecule has 5 rings (SSSR count). The van der Waals surface area contributed by atoms with Gasteiger partial charge in [-0.2, -0.15) is 0 Å². The number of rotatable bonds is 5. The van der Waals surface area contributed by atoms with Crippen molar-refractivity contribution in [1.29, 1.82) is 0 Å². The summed E-state index contributed by atoms with van der Waals surface area (Å²) < 4.78 is 29.5. The zero-order valence-corrected chi connectivity index (χ0v) is 19.3. The second-order valence-electron chi connectivity index (χ2n) is 7.81.